The fourth-order valence-electron chi connectivity index (χ4n) is 3.00. The summed E-state index contributed by atoms with van der Waals surface area (Å²) in [7, 11) is 0. The Morgan fingerprint density at radius 3 is 2.48 bits per heavy atom. The van der Waals surface area contributed by atoms with E-state index in [1.165, 1.54) is 4.90 Å². The molecule has 1 N–H and O–H groups in total. The standard InChI is InChI=1S/C18H23NO6/c1-17(2)11-24-18(25-12-17)8-14(15(20)21)19(10-18)16(22)23-9-13-6-4-3-5-7-13/h3-7,14H,8-12H2,1-2H3,(H,20,21)/t14-/m0/s1. The summed E-state index contributed by atoms with van der Waals surface area (Å²) in [5.41, 5.74) is 0.703. The number of carboxylic acids is 1. The van der Waals surface area contributed by atoms with Gasteiger partial charge in [-0.25, -0.2) is 9.59 Å². The van der Waals surface area contributed by atoms with Crippen LogP contribution in [0.3, 0.4) is 0 Å². The fourth-order valence-corrected chi connectivity index (χ4v) is 3.00. The van der Waals surface area contributed by atoms with Crippen molar-refractivity contribution in [1.82, 2.24) is 4.90 Å². The summed E-state index contributed by atoms with van der Waals surface area (Å²) in [6.45, 7) is 5.06. The average Bonchev–Trinajstić information content (AvgIpc) is 2.97. The Kier molecular flexibility index (Phi) is 4.71. The number of hydrogen-bond donors (Lipinski definition) is 1. The number of amides is 1. The topological polar surface area (TPSA) is 85.3 Å². The smallest absolute Gasteiger partial charge is 0.411 e. The lowest BCUT2D eigenvalue weighted by Gasteiger charge is -2.41. The van der Waals surface area contributed by atoms with E-state index < -0.39 is 23.9 Å². The van der Waals surface area contributed by atoms with E-state index in [0.29, 0.717) is 13.2 Å². The van der Waals surface area contributed by atoms with Gasteiger partial charge in [0.05, 0.1) is 19.8 Å². The van der Waals surface area contributed by atoms with Crippen LogP contribution in [0.25, 0.3) is 0 Å². The first kappa shape index (κ1) is 17.7. The van der Waals surface area contributed by atoms with Crippen molar-refractivity contribution in [3.05, 3.63) is 35.9 Å². The molecule has 7 heteroatoms. The highest BCUT2D eigenvalue weighted by molar-refractivity contribution is 5.81. The van der Waals surface area contributed by atoms with Crippen LogP contribution in [0.15, 0.2) is 30.3 Å². The lowest BCUT2D eigenvalue weighted by molar-refractivity contribution is -0.290. The van der Waals surface area contributed by atoms with Crippen LogP contribution in [-0.4, -0.2) is 53.7 Å². The Hall–Kier alpha value is -2.12. The molecule has 136 valence electrons. The highest BCUT2D eigenvalue weighted by Crippen LogP contribution is 2.38. The predicted octanol–water partition coefficient (Wildman–Crippen LogP) is 2.25. The van der Waals surface area contributed by atoms with Gasteiger partial charge in [0, 0.05) is 11.8 Å². The number of benzene rings is 1. The van der Waals surface area contributed by atoms with Gasteiger partial charge in [0.2, 0.25) is 0 Å². The lowest BCUT2D eigenvalue weighted by atomic mass is 9.94. The van der Waals surface area contributed by atoms with Gasteiger partial charge in [0.25, 0.3) is 0 Å². The molecule has 2 heterocycles. The van der Waals surface area contributed by atoms with E-state index in [1.54, 1.807) is 0 Å². The van der Waals surface area contributed by atoms with Crippen molar-refractivity contribution in [2.75, 3.05) is 19.8 Å². The molecule has 2 aliphatic rings. The van der Waals surface area contributed by atoms with E-state index in [1.807, 2.05) is 44.2 Å². The van der Waals surface area contributed by atoms with Crippen LogP contribution in [0, 0.1) is 5.41 Å². The van der Waals surface area contributed by atoms with Crippen LogP contribution >= 0.6 is 0 Å². The van der Waals surface area contributed by atoms with Gasteiger partial charge in [-0.05, 0) is 5.56 Å². The quantitative estimate of drug-likeness (QED) is 0.901. The monoisotopic (exact) mass is 349 g/mol. The zero-order valence-corrected chi connectivity index (χ0v) is 14.4. The molecular formula is C18H23NO6. The Morgan fingerprint density at radius 1 is 1.24 bits per heavy atom. The summed E-state index contributed by atoms with van der Waals surface area (Å²) in [5, 5.41) is 9.47. The summed E-state index contributed by atoms with van der Waals surface area (Å²) in [6, 6.07) is 8.21. The van der Waals surface area contributed by atoms with Crippen molar-refractivity contribution in [1.29, 1.82) is 0 Å². The summed E-state index contributed by atoms with van der Waals surface area (Å²) >= 11 is 0. The molecular weight excluding hydrogens is 326 g/mol. The summed E-state index contributed by atoms with van der Waals surface area (Å²) < 4.78 is 16.9. The Morgan fingerprint density at radius 2 is 1.88 bits per heavy atom. The molecule has 0 unspecified atom stereocenters. The van der Waals surface area contributed by atoms with E-state index in [0.717, 1.165) is 5.56 Å². The third-order valence-electron chi connectivity index (χ3n) is 4.47. The first-order chi connectivity index (χ1) is 11.8. The molecule has 0 bridgehead atoms. The molecule has 1 atom stereocenters. The molecule has 7 nitrogen and oxygen atoms in total. The minimum absolute atomic E-state index is 0.0493. The third-order valence-corrected chi connectivity index (χ3v) is 4.47. The van der Waals surface area contributed by atoms with Crippen LogP contribution in [0.5, 0.6) is 0 Å². The number of carbonyl (C=O) groups excluding carboxylic acids is 1. The van der Waals surface area contributed by atoms with Gasteiger partial charge in [-0.3, -0.25) is 4.90 Å². The molecule has 1 aromatic carbocycles. The van der Waals surface area contributed by atoms with Crippen LogP contribution < -0.4 is 0 Å². The molecule has 1 amide bonds. The van der Waals surface area contributed by atoms with Crippen LogP contribution in [0.2, 0.25) is 0 Å². The Bertz CT molecular complexity index is 634. The van der Waals surface area contributed by atoms with Crippen molar-refractivity contribution in [2.45, 2.75) is 38.7 Å². The Balaban J connectivity index is 1.66. The minimum Gasteiger partial charge on any atom is -0.480 e. The molecule has 2 aliphatic heterocycles. The number of rotatable bonds is 3. The second-order valence-electron chi connectivity index (χ2n) is 7.38. The zero-order valence-electron chi connectivity index (χ0n) is 14.4. The normalized spacial score (nSPS) is 24.2. The molecule has 3 rings (SSSR count). The van der Waals surface area contributed by atoms with Crippen molar-refractivity contribution >= 4 is 12.1 Å². The number of nitrogens with zero attached hydrogens (tertiary/aromatic N) is 1. The first-order valence-electron chi connectivity index (χ1n) is 8.28. The number of hydrogen-bond acceptors (Lipinski definition) is 5. The zero-order chi connectivity index (χ0) is 18.1. The molecule has 0 aliphatic carbocycles. The molecule has 0 aromatic heterocycles. The molecule has 1 aromatic rings. The minimum atomic E-state index is -1.09. The van der Waals surface area contributed by atoms with Crippen LogP contribution in [-0.2, 0) is 25.6 Å². The van der Waals surface area contributed by atoms with Gasteiger partial charge in [0.1, 0.15) is 12.6 Å². The van der Waals surface area contributed by atoms with Crippen LogP contribution in [0.1, 0.15) is 25.8 Å². The van der Waals surface area contributed by atoms with E-state index in [4.69, 9.17) is 14.2 Å². The maximum absolute atomic E-state index is 12.4. The maximum Gasteiger partial charge on any atom is 0.411 e. The molecule has 25 heavy (non-hydrogen) atoms. The summed E-state index contributed by atoms with van der Waals surface area (Å²) in [6.07, 6.45) is -0.580. The second kappa shape index (κ2) is 6.65. The number of carbonyl (C=O) groups is 2. The van der Waals surface area contributed by atoms with Crippen molar-refractivity contribution in [2.24, 2.45) is 5.41 Å². The summed E-state index contributed by atoms with van der Waals surface area (Å²) in [4.78, 5) is 25.2. The number of aliphatic carboxylic acids is 1. The SMILES string of the molecule is CC1(C)COC2(C[C@@H](C(=O)O)N(C(=O)OCc3ccccc3)C2)OC1. The lowest BCUT2D eigenvalue weighted by Crippen LogP contribution is -2.49. The molecule has 2 fully saturated rings. The molecule has 1 spiro atoms. The first-order valence-corrected chi connectivity index (χ1v) is 8.28. The van der Waals surface area contributed by atoms with Crippen molar-refractivity contribution < 1.29 is 28.9 Å². The largest absolute Gasteiger partial charge is 0.480 e. The number of likely N-dealkylation sites (tertiary alicyclic amines) is 1. The molecule has 2 saturated heterocycles. The fraction of sp³-hybridized carbons (Fsp3) is 0.556. The van der Waals surface area contributed by atoms with Gasteiger partial charge in [0.15, 0.2) is 5.79 Å². The van der Waals surface area contributed by atoms with E-state index in [9.17, 15) is 14.7 Å². The van der Waals surface area contributed by atoms with Gasteiger partial charge in [-0.1, -0.05) is 44.2 Å². The maximum atomic E-state index is 12.4. The van der Waals surface area contributed by atoms with Gasteiger partial charge >= 0.3 is 12.1 Å². The van der Waals surface area contributed by atoms with E-state index in [2.05, 4.69) is 0 Å². The third kappa shape index (κ3) is 3.93. The van der Waals surface area contributed by atoms with Crippen molar-refractivity contribution in [3.8, 4) is 0 Å². The van der Waals surface area contributed by atoms with Gasteiger partial charge in [-0.2, -0.15) is 0 Å². The van der Waals surface area contributed by atoms with Crippen LogP contribution in [0.4, 0.5) is 4.79 Å². The highest BCUT2D eigenvalue weighted by atomic mass is 16.7. The highest BCUT2D eigenvalue weighted by Gasteiger charge is 2.54. The van der Waals surface area contributed by atoms with Crippen molar-refractivity contribution in [3.63, 3.8) is 0 Å². The van der Waals surface area contributed by atoms with Gasteiger partial charge < -0.3 is 19.3 Å². The molecule has 0 radical (unpaired) electrons. The second-order valence-corrected chi connectivity index (χ2v) is 7.38. The number of carboxylic acid groups (broad SMARTS) is 1. The van der Waals surface area contributed by atoms with E-state index in [-0.39, 0.29) is 25.0 Å². The number of ether oxygens (including phenoxy) is 3. The van der Waals surface area contributed by atoms with E-state index >= 15 is 0 Å². The van der Waals surface area contributed by atoms with Gasteiger partial charge in [-0.15, -0.1) is 0 Å². The average molecular weight is 349 g/mol. The predicted molar refractivity (Wildman–Crippen MR) is 87.8 cm³/mol. The molecule has 0 saturated carbocycles. The Labute approximate surface area is 146 Å². The summed E-state index contributed by atoms with van der Waals surface area (Å²) in [5.74, 6) is -2.16.